The van der Waals surface area contributed by atoms with Crippen LogP contribution in [0.3, 0.4) is 0 Å². The first kappa shape index (κ1) is 10.1. The van der Waals surface area contributed by atoms with Crippen molar-refractivity contribution in [3.05, 3.63) is 24.4 Å². The molecule has 84 valence electrons. The maximum atomic E-state index is 4.23. The Morgan fingerprint density at radius 3 is 3.00 bits per heavy atom. The highest BCUT2D eigenvalue weighted by Crippen LogP contribution is 2.30. The van der Waals surface area contributed by atoms with E-state index in [-0.39, 0.29) is 0 Å². The standard InChI is InChI=1S/C12H15N3S/c1-2-6-10(5-1)9-16-12-14-13-11-7-3-4-8-15(11)12/h3-4,7-8,10H,1-2,5-6,9H2. The second-order valence-electron chi connectivity index (χ2n) is 4.37. The van der Waals surface area contributed by atoms with Crippen LogP contribution in [-0.4, -0.2) is 20.4 Å². The monoisotopic (exact) mass is 233 g/mol. The molecule has 0 amide bonds. The van der Waals surface area contributed by atoms with Gasteiger partial charge in [0.1, 0.15) is 0 Å². The van der Waals surface area contributed by atoms with E-state index >= 15 is 0 Å². The molecule has 0 radical (unpaired) electrons. The molecule has 2 aromatic rings. The Hall–Kier alpha value is -1.03. The Labute approximate surface area is 99.3 Å². The van der Waals surface area contributed by atoms with Gasteiger partial charge in [-0.3, -0.25) is 4.40 Å². The molecule has 0 bridgehead atoms. The number of thioether (sulfide) groups is 1. The van der Waals surface area contributed by atoms with Crippen LogP contribution >= 0.6 is 11.8 Å². The second-order valence-corrected chi connectivity index (χ2v) is 5.36. The van der Waals surface area contributed by atoms with Crippen molar-refractivity contribution < 1.29 is 0 Å². The zero-order chi connectivity index (χ0) is 10.8. The molecule has 3 rings (SSSR count). The van der Waals surface area contributed by atoms with Gasteiger partial charge >= 0.3 is 0 Å². The fourth-order valence-electron chi connectivity index (χ4n) is 2.29. The first-order valence-electron chi connectivity index (χ1n) is 5.86. The van der Waals surface area contributed by atoms with E-state index in [0.29, 0.717) is 0 Å². The van der Waals surface area contributed by atoms with Gasteiger partial charge in [0, 0.05) is 11.9 Å². The van der Waals surface area contributed by atoms with Gasteiger partial charge in [-0.1, -0.05) is 30.7 Å². The third-order valence-electron chi connectivity index (χ3n) is 3.21. The van der Waals surface area contributed by atoms with Gasteiger partial charge in [0.25, 0.3) is 0 Å². The Kier molecular flexibility index (Phi) is 2.82. The number of rotatable bonds is 3. The smallest absolute Gasteiger partial charge is 0.195 e. The molecule has 1 saturated carbocycles. The number of pyridine rings is 1. The normalized spacial score (nSPS) is 17.2. The van der Waals surface area contributed by atoms with Crippen molar-refractivity contribution in [3.63, 3.8) is 0 Å². The van der Waals surface area contributed by atoms with Crippen LogP contribution in [0.1, 0.15) is 25.7 Å². The lowest BCUT2D eigenvalue weighted by Crippen LogP contribution is -1.97. The van der Waals surface area contributed by atoms with Gasteiger partial charge < -0.3 is 0 Å². The topological polar surface area (TPSA) is 30.2 Å². The molecular formula is C12H15N3S. The van der Waals surface area contributed by atoms with E-state index in [1.54, 1.807) is 0 Å². The van der Waals surface area contributed by atoms with E-state index < -0.39 is 0 Å². The van der Waals surface area contributed by atoms with Gasteiger partial charge in [0.15, 0.2) is 10.8 Å². The van der Waals surface area contributed by atoms with Crippen molar-refractivity contribution in [2.24, 2.45) is 5.92 Å². The summed E-state index contributed by atoms with van der Waals surface area (Å²) in [6, 6.07) is 6.01. The summed E-state index contributed by atoms with van der Waals surface area (Å²) in [5.41, 5.74) is 0.941. The van der Waals surface area contributed by atoms with Crippen LogP contribution in [-0.2, 0) is 0 Å². The van der Waals surface area contributed by atoms with E-state index in [1.807, 2.05) is 36.2 Å². The minimum Gasteiger partial charge on any atom is -0.277 e. The molecule has 0 unspecified atom stereocenters. The van der Waals surface area contributed by atoms with Crippen LogP contribution in [0.4, 0.5) is 0 Å². The second kappa shape index (κ2) is 4.45. The number of nitrogens with zero attached hydrogens (tertiary/aromatic N) is 3. The third kappa shape index (κ3) is 1.94. The largest absolute Gasteiger partial charge is 0.277 e. The number of hydrogen-bond donors (Lipinski definition) is 0. The molecule has 0 aromatic carbocycles. The first-order chi connectivity index (χ1) is 7.93. The third-order valence-corrected chi connectivity index (χ3v) is 4.38. The zero-order valence-electron chi connectivity index (χ0n) is 9.17. The lowest BCUT2D eigenvalue weighted by atomic mass is 10.1. The highest BCUT2D eigenvalue weighted by molar-refractivity contribution is 7.99. The molecule has 3 nitrogen and oxygen atoms in total. The predicted molar refractivity (Wildman–Crippen MR) is 65.7 cm³/mol. The lowest BCUT2D eigenvalue weighted by Gasteiger charge is -2.06. The van der Waals surface area contributed by atoms with Gasteiger partial charge in [-0.05, 0) is 30.9 Å². The summed E-state index contributed by atoms with van der Waals surface area (Å²) in [6.07, 6.45) is 7.64. The summed E-state index contributed by atoms with van der Waals surface area (Å²) < 4.78 is 2.07. The van der Waals surface area contributed by atoms with Crippen molar-refractivity contribution in [2.45, 2.75) is 30.8 Å². The van der Waals surface area contributed by atoms with Crippen LogP contribution < -0.4 is 0 Å². The van der Waals surface area contributed by atoms with E-state index in [1.165, 1.54) is 31.4 Å². The molecule has 16 heavy (non-hydrogen) atoms. The molecule has 0 saturated heterocycles. The SMILES string of the molecule is c1ccn2c(SCC3CCCC3)nnc2c1. The van der Waals surface area contributed by atoms with Gasteiger partial charge in [-0.2, -0.15) is 0 Å². The van der Waals surface area contributed by atoms with E-state index in [4.69, 9.17) is 0 Å². The van der Waals surface area contributed by atoms with Gasteiger partial charge in [-0.25, -0.2) is 0 Å². The summed E-state index contributed by atoms with van der Waals surface area (Å²) in [5.74, 6) is 2.08. The van der Waals surface area contributed by atoms with Crippen molar-refractivity contribution >= 4 is 17.4 Å². The molecule has 1 aliphatic rings. The molecule has 2 aromatic heterocycles. The molecule has 0 N–H and O–H groups in total. The number of aromatic nitrogens is 3. The minimum absolute atomic E-state index is 0.890. The minimum atomic E-state index is 0.890. The molecule has 4 heteroatoms. The molecule has 0 atom stereocenters. The highest BCUT2D eigenvalue weighted by Gasteiger charge is 2.16. The van der Waals surface area contributed by atoms with Crippen molar-refractivity contribution in [1.29, 1.82) is 0 Å². The summed E-state index contributed by atoms with van der Waals surface area (Å²) in [6.45, 7) is 0. The van der Waals surface area contributed by atoms with Crippen LogP contribution in [0.5, 0.6) is 0 Å². The summed E-state index contributed by atoms with van der Waals surface area (Å²) in [5, 5.41) is 9.42. The van der Waals surface area contributed by atoms with Crippen LogP contribution in [0.25, 0.3) is 5.65 Å². The van der Waals surface area contributed by atoms with Gasteiger partial charge in [0.05, 0.1) is 0 Å². The summed E-state index contributed by atoms with van der Waals surface area (Å²) in [4.78, 5) is 0. The van der Waals surface area contributed by atoms with Crippen molar-refractivity contribution in [3.8, 4) is 0 Å². The van der Waals surface area contributed by atoms with Crippen molar-refractivity contribution in [2.75, 3.05) is 5.75 Å². The molecule has 0 aliphatic heterocycles. The maximum Gasteiger partial charge on any atom is 0.195 e. The number of fused-ring (bicyclic) bond motifs is 1. The van der Waals surface area contributed by atoms with Crippen LogP contribution in [0.2, 0.25) is 0 Å². The lowest BCUT2D eigenvalue weighted by molar-refractivity contribution is 0.622. The van der Waals surface area contributed by atoms with E-state index in [9.17, 15) is 0 Å². The van der Waals surface area contributed by atoms with Crippen molar-refractivity contribution in [1.82, 2.24) is 14.6 Å². The maximum absolute atomic E-state index is 4.23. The van der Waals surface area contributed by atoms with Crippen LogP contribution in [0.15, 0.2) is 29.6 Å². The van der Waals surface area contributed by atoms with Gasteiger partial charge in [-0.15, -0.1) is 10.2 Å². The highest BCUT2D eigenvalue weighted by atomic mass is 32.2. The van der Waals surface area contributed by atoms with E-state index in [0.717, 1.165) is 16.7 Å². The summed E-state index contributed by atoms with van der Waals surface area (Å²) in [7, 11) is 0. The Morgan fingerprint density at radius 1 is 1.25 bits per heavy atom. The molecule has 1 aliphatic carbocycles. The first-order valence-corrected chi connectivity index (χ1v) is 6.84. The predicted octanol–water partition coefficient (Wildman–Crippen LogP) is 3.01. The Balaban J connectivity index is 1.73. The van der Waals surface area contributed by atoms with Gasteiger partial charge in [0.2, 0.25) is 0 Å². The average Bonchev–Trinajstić information content (AvgIpc) is 2.96. The molecule has 0 spiro atoms. The Bertz CT molecular complexity index is 474. The van der Waals surface area contributed by atoms with Crippen LogP contribution in [0, 0.1) is 5.92 Å². The number of hydrogen-bond acceptors (Lipinski definition) is 3. The average molecular weight is 233 g/mol. The fourth-order valence-corrected chi connectivity index (χ4v) is 3.40. The van der Waals surface area contributed by atoms with E-state index in [2.05, 4.69) is 14.6 Å². The quantitative estimate of drug-likeness (QED) is 0.763. The fraction of sp³-hybridized carbons (Fsp3) is 0.500. The summed E-state index contributed by atoms with van der Waals surface area (Å²) >= 11 is 1.84. The molecule has 1 fully saturated rings. The zero-order valence-corrected chi connectivity index (χ0v) is 9.99. The Morgan fingerprint density at radius 2 is 2.12 bits per heavy atom. The molecular weight excluding hydrogens is 218 g/mol. The molecule has 2 heterocycles.